The summed E-state index contributed by atoms with van der Waals surface area (Å²) in [5.41, 5.74) is 0.568. The zero-order valence-electron chi connectivity index (χ0n) is 9.95. The summed E-state index contributed by atoms with van der Waals surface area (Å²) in [5.74, 6) is 2.25. The minimum atomic E-state index is -1.64. The molecule has 0 N–H and O–H groups in total. The molecule has 3 rings (SSSR count). The Bertz CT molecular complexity index is 652. The van der Waals surface area contributed by atoms with Crippen LogP contribution in [0.2, 0.25) is 0 Å². The Morgan fingerprint density at radius 1 is 0.800 bits per heavy atom. The molecule has 0 saturated heterocycles. The van der Waals surface area contributed by atoms with E-state index in [0.29, 0.717) is 28.6 Å². The first-order valence-electron chi connectivity index (χ1n) is 5.75. The van der Waals surface area contributed by atoms with Gasteiger partial charge < -0.3 is 9.47 Å². The van der Waals surface area contributed by atoms with Crippen LogP contribution < -0.4 is 9.47 Å². The molecule has 1 aliphatic heterocycles. The lowest BCUT2D eigenvalue weighted by Gasteiger charge is -2.26. The van der Waals surface area contributed by atoms with Gasteiger partial charge in [-0.15, -0.1) is 11.6 Å². The maximum Gasteiger partial charge on any atom is 0.210 e. The van der Waals surface area contributed by atoms with Crippen molar-refractivity contribution in [3.05, 3.63) is 48.0 Å². The molecule has 1 heterocycles. The number of benzene rings is 2. The Morgan fingerprint density at radius 3 is 2.05 bits per heavy atom. The number of fused-ring (bicyclic) bond motifs is 2. The molecule has 1 unspecified atom stereocenters. The monoisotopic (exact) mass is 348 g/mol. The van der Waals surface area contributed by atoms with Crippen LogP contribution in [0.1, 0.15) is 10.9 Å². The van der Waals surface area contributed by atoms with E-state index < -0.39 is 9.17 Å². The first-order valence-corrected chi connectivity index (χ1v) is 7.32. The molecular formula is C14H8Cl4O2. The van der Waals surface area contributed by atoms with Gasteiger partial charge in [0.15, 0.2) is 23.0 Å². The molecule has 2 nitrogen and oxygen atoms in total. The molecule has 0 spiro atoms. The fourth-order valence-electron chi connectivity index (χ4n) is 1.95. The van der Waals surface area contributed by atoms with Gasteiger partial charge in [0.1, 0.15) is 5.38 Å². The standard InChI is InChI=1S/C14H8Cl4O2/c15-13(14(16,17)18)8-4-3-7-11-12(8)20-10-6-2-1-5-9(10)19-11/h1-7,13H. The second-order valence-electron chi connectivity index (χ2n) is 4.23. The van der Waals surface area contributed by atoms with Gasteiger partial charge in [0, 0.05) is 5.56 Å². The molecule has 0 radical (unpaired) electrons. The molecule has 20 heavy (non-hydrogen) atoms. The fraction of sp³-hybridized carbons (Fsp3) is 0.143. The second kappa shape index (κ2) is 5.19. The van der Waals surface area contributed by atoms with Crippen molar-refractivity contribution < 1.29 is 9.47 Å². The third-order valence-electron chi connectivity index (χ3n) is 2.85. The zero-order chi connectivity index (χ0) is 14.3. The topological polar surface area (TPSA) is 18.5 Å². The van der Waals surface area contributed by atoms with Crippen molar-refractivity contribution in [3.8, 4) is 23.0 Å². The summed E-state index contributed by atoms with van der Waals surface area (Å²) in [6.45, 7) is 0. The molecule has 0 aromatic heterocycles. The van der Waals surface area contributed by atoms with E-state index in [0.717, 1.165) is 0 Å². The van der Waals surface area contributed by atoms with Crippen molar-refractivity contribution in [1.29, 1.82) is 0 Å². The lowest BCUT2D eigenvalue weighted by atomic mass is 10.1. The van der Waals surface area contributed by atoms with E-state index in [1.54, 1.807) is 24.3 Å². The molecule has 6 heteroatoms. The van der Waals surface area contributed by atoms with Crippen LogP contribution in [0, 0.1) is 0 Å². The van der Waals surface area contributed by atoms with E-state index >= 15 is 0 Å². The Hall–Kier alpha value is -0.800. The molecule has 0 bridgehead atoms. The molecule has 0 amide bonds. The van der Waals surface area contributed by atoms with Crippen LogP contribution in [0.4, 0.5) is 0 Å². The van der Waals surface area contributed by atoms with E-state index in [1.807, 2.05) is 18.2 Å². The Morgan fingerprint density at radius 2 is 1.40 bits per heavy atom. The highest BCUT2D eigenvalue weighted by atomic mass is 35.6. The van der Waals surface area contributed by atoms with Crippen LogP contribution >= 0.6 is 46.4 Å². The number of para-hydroxylation sites is 3. The highest BCUT2D eigenvalue weighted by molar-refractivity contribution is 6.70. The predicted octanol–water partition coefficient (Wildman–Crippen LogP) is 6.23. The summed E-state index contributed by atoms with van der Waals surface area (Å²) in [4.78, 5) is 0. The van der Waals surface area contributed by atoms with E-state index in [9.17, 15) is 0 Å². The lowest BCUT2D eigenvalue weighted by molar-refractivity contribution is 0.356. The largest absolute Gasteiger partial charge is 0.450 e. The third-order valence-corrected chi connectivity index (χ3v) is 4.40. The predicted molar refractivity (Wildman–Crippen MR) is 81.9 cm³/mol. The van der Waals surface area contributed by atoms with Crippen molar-refractivity contribution in [2.75, 3.05) is 0 Å². The van der Waals surface area contributed by atoms with Crippen LogP contribution in [-0.2, 0) is 0 Å². The van der Waals surface area contributed by atoms with E-state index in [2.05, 4.69) is 0 Å². The zero-order valence-corrected chi connectivity index (χ0v) is 13.0. The summed E-state index contributed by atoms with van der Waals surface area (Å²) < 4.78 is 9.97. The summed E-state index contributed by atoms with van der Waals surface area (Å²) in [6, 6.07) is 12.6. The van der Waals surface area contributed by atoms with Gasteiger partial charge in [-0.2, -0.15) is 0 Å². The Labute approximate surface area is 136 Å². The van der Waals surface area contributed by atoms with Gasteiger partial charge in [-0.3, -0.25) is 0 Å². The van der Waals surface area contributed by atoms with Crippen LogP contribution in [0.3, 0.4) is 0 Å². The van der Waals surface area contributed by atoms with E-state index in [4.69, 9.17) is 55.9 Å². The minimum Gasteiger partial charge on any atom is -0.450 e. The van der Waals surface area contributed by atoms with Crippen molar-refractivity contribution >= 4 is 46.4 Å². The van der Waals surface area contributed by atoms with Gasteiger partial charge in [0.05, 0.1) is 0 Å². The number of rotatable bonds is 1. The van der Waals surface area contributed by atoms with Crippen molar-refractivity contribution in [2.45, 2.75) is 9.17 Å². The highest BCUT2D eigenvalue weighted by Crippen LogP contribution is 2.53. The average molecular weight is 350 g/mol. The third kappa shape index (κ3) is 2.53. The fourth-order valence-corrected chi connectivity index (χ4v) is 2.47. The van der Waals surface area contributed by atoms with Crippen LogP contribution in [0.5, 0.6) is 23.0 Å². The second-order valence-corrected chi connectivity index (χ2v) is 7.03. The molecule has 0 saturated carbocycles. The number of halogens is 4. The van der Waals surface area contributed by atoms with Gasteiger partial charge in [0.2, 0.25) is 3.79 Å². The van der Waals surface area contributed by atoms with E-state index in [-0.39, 0.29) is 0 Å². The van der Waals surface area contributed by atoms with Crippen molar-refractivity contribution in [3.63, 3.8) is 0 Å². The first-order chi connectivity index (χ1) is 9.47. The normalized spacial score (nSPS) is 14.6. The Kier molecular flexibility index (Phi) is 3.67. The molecule has 104 valence electrons. The maximum atomic E-state index is 6.21. The number of alkyl halides is 4. The van der Waals surface area contributed by atoms with Gasteiger partial charge in [-0.25, -0.2) is 0 Å². The number of ether oxygens (including phenoxy) is 2. The smallest absolute Gasteiger partial charge is 0.210 e. The molecule has 1 atom stereocenters. The number of hydrogen-bond donors (Lipinski definition) is 0. The van der Waals surface area contributed by atoms with Crippen molar-refractivity contribution in [2.24, 2.45) is 0 Å². The van der Waals surface area contributed by atoms with Gasteiger partial charge in [0.25, 0.3) is 0 Å². The minimum absolute atomic E-state index is 0.470. The Balaban J connectivity index is 2.07. The lowest BCUT2D eigenvalue weighted by Crippen LogP contribution is -2.13. The summed E-state index contributed by atoms with van der Waals surface area (Å²) in [7, 11) is 0. The van der Waals surface area contributed by atoms with Crippen LogP contribution in [0.25, 0.3) is 0 Å². The molecule has 0 aliphatic carbocycles. The highest BCUT2D eigenvalue weighted by Gasteiger charge is 2.36. The summed E-state index contributed by atoms with van der Waals surface area (Å²) in [6.07, 6.45) is 0. The number of hydrogen-bond acceptors (Lipinski definition) is 2. The molecule has 0 fully saturated rings. The van der Waals surface area contributed by atoms with E-state index in [1.165, 1.54) is 0 Å². The van der Waals surface area contributed by atoms with Crippen LogP contribution in [0.15, 0.2) is 42.5 Å². The van der Waals surface area contributed by atoms with Crippen molar-refractivity contribution in [1.82, 2.24) is 0 Å². The van der Waals surface area contributed by atoms with Gasteiger partial charge >= 0.3 is 0 Å². The maximum absolute atomic E-state index is 6.21. The summed E-state index contributed by atoms with van der Waals surface area (Å²) in [5, 5.41) is -0.851. The molecule has 2 aromatic rings. The van der Waals surface area contributed by atoms with Gasteiger partial charge in [-0.1, -0.05) is 59.1 Å². The average Bonchev–Trinajstić information content (AvgIpc) is 2.42. The first kappa shape index (κ1) is 14.2. The van der Waals surface area contributed by atoms with Crippen LogP contribution in [-0.4, -0.2) is 3.79 Å². The van der Waals surface area contributed by atoms with Gasteiger partial charge in [-0.05, 0) is 18.2 Å². The summed E-state index contributed by atoms with van der Waals surface area (Å²) >= 11 is 23.8. The SMILES string of the molecule is ClC(c1cccc2c1Oc1ccccc1O2)C(Cl)(Cl)Cl. The molecule has 2 aromatic carbocycles. The molecular weight excluding hydrogens is 342 g/mol. The quantitative estimate of drug-likeness (QED) is 0.484. The molecule has 1 aliphatic rings.